The minimum atomic E-state index is -0.667. The zero-order valence-electron chi connectivity index (χ0n) is 18.7. The summed E-state index contributed by atoms with van der Waals surface area (Å²) in [5.41, 5.74) is 1.32. The van der Waals surface area contributed by atoms with E-state index in [1.807, 2.05) is 52.8 Å². The molecule has 0 aromatic heterocycles. The van der Waals surface area contributed by atoms with Gasteiger partial charge in [0.05, 0.1) is 0 Å². The molecular formula is C24H30Cl2N2O3. The van der Waals surface area contributed by atoms with Crippen molar-refractivity contribution in [2.75, 3.05) is 6.61 Å². The molecule has 2 aromatic carbocycles. The molecular weight excluding hydrogens is 435 g/mol. The van der Waals surface area contributed by atoms with Crippen molar-refractivity contribution in [2.45, 2.75) is 59.2 Å². The van der Waals surface area contributed by atoms with Crippen molar-refractivity contribution in [2.24, 2.45) is 0 Å². The summed E-state index contributed by atoms with van der Waals surface area (Å²) in [6.07, 6.45) is 0.448. The summed E-state index contributed by atoms with van der Waals surface area (Å²) in [6.45, 7) is 9.52. The first-order valence-electron chi connectivity index (χ1n) is 10.2. The maximum Gasteiger partial charge on any atom is 0.261 e. The van der Waals surface area contributed by atoms with Gasteiger partial charge in [0.15, 0.2) is 6.61 Å². The normalized spacial score (nSPS) is 12.2. The molecule has 1 atom stereocenters. The molecule has 0 heterocycles. The number of carbonyl (C=O) groups is 2. The van der Waals surface area contributed by atoms with Crippen LogP contribution >= 0.6 is 23.2 Å². The van der Waals surface area contributed by atoms with Gasteiger partial charge in [0.1, 0.15) is 11.8 Å². The van der Waals surface area contributed by atoms with Crippen molar-refractivity contribution in [3.63, 3.8) is 0 Å². The van der Waals surface area contributed by atoms with Gasteiger partial charge in [-0.2, -0.15) is 0 Å². The van der Waals surface area contributed by atoms with Crippen LogP contribution in [0.2, 0.25) is 10.0 Å². The zero-order chi connectivity index (χ0) is 23.2. The lowest BCUT2D eigenvalue weighted by Crippen LogP contribution is -2.54. The first-order chi connectivity index (χ1) is 14.5. The molecule has 0 saturated carbocycles. The zero-order valence-corrected chi connectivity index (χ0v) is 20.2. The largest absolute Gasteiger partial charge is 0.484 e. The summed E-state index contributed by atoms with van der Waals surface area (Å²) in [7, 11) is 0. The van der Waals surface area contributed by atoms with Crippen LogP contribution in [0.3, 0.4) is 0 Å². The second-order valence-corrected chi connectivity index (χ2v) is 9.37. The number of hydrogen-bond donors (Lipinski definition) is 1. The van der Waals surface area contributed by atoms with E-state index >= 15 is 0 Å². The molecule has 0 aliphatic heterocycles. The third-order valence-corrected chi connectivity index (χ3v) is 5.18. The van der Waals surface area contributed by atoms with Crippen LogP contribution in [0.25, 0.3) is 0 Å². The SMILES string of the molecule is CC[C@@H](C(=O)NC(C)(C)C)N(Cc1ccc(Cl)cc1Cl)C(=O)COc1cccc(C)c1. The van der Waals surface area contributed by atoms with E-state index < -0.39 is 11.6 Å². The first kappa shape index (κ1) is 25.0. The van der Waals surface area contributed by atoms with Crippen LogP contribution in [0, 0.1) is 6.92 Å². The van der Waals surface area contributed by atoms with Crippen LogP contribution in [0.15, 0.2) is 42.5 Å². The molecule has 1 N–H and O–H groups in total. The lowest BCUT2D eigenvalue weighted by atomic mass is 10.1. The van der Waals surface area contributed by atoms with Crippen LogP contribution in [-0.4, -0.2) is 34.9 Å². The Morgan fingerprint density at radius 2 is 1.84 bits per heavy atom. The van der Waals surface area contributed by atoms with Crippen LogP contribution < -0.4 is 10.1 Å². The Kier molecular flexibility index (Phi) is 8.78. The first-order valence-corrected chi connectivity index (χ1v) is 11.0. The van der Waals surface area contributed by atoms with Crippen molar-refractivity contribution >= 4 is 35.0 Å². The Bertz CT molecular complexity index is 925. The summed E-state index contributed by atoms with van der Waals surface area (Å²) < 4.78 is 5.71. The third-order valence-electron chi connectivity index (χ3n) is 4.59. The summed E-state index contributed by atoms with van der Waals surface area (Å²) in [4.78, 5) is 27.7. The Hall–Kier alpha value is -2.24. The van der Waals surface area contributed by atoms with Gasteiger partial charge in [-0.15, -0.1) is 0 Å². The van der Waals surface area contributed by atoms with Gasteiger partial charge in [-0.3, -0.25) is 9.59 Å². The number of amides is 2. The maximum atomic E-state index is 13.2. The highest BCUT2D eigenvalue weighted by Crippen LogP contribution is 2.24. The molecule has 0 radical (unpaired) electrons. The molecule has 0 saturated heterocycles. The fourth-order valence-electron chi connectivity index (χ4n) is 3.14. The molecule has 7 heteroatoms. The Balaban J connectivity index is 2.28. The van der Waals surface area contributed by atoms with Crippen molar-refractivity contribution in [1.82, 2.24) is 10.2 Å². The molecule has 0 spiro atoms. The van der Waals surface area contributed by atoms with E-state index in [1.165, 1.54) is 4.90 Å². The Morgan fingerprint density at radius 3 is 2.42 bits per heavy atom. The summed E-state index contributed by atoms with van der Waals surface area (Å²) >= 11 is 12.4. The number of ether oxygens (including phenoxy) is 1. The average molecular weight is 465 g/mol. The molecule has 31 heavy (non-hydrogen) atoms. The molecule has 2 aromatic rings. The third kappa shape index (κ3) is 7.75. The van der Waals surface area contributed by atoms with E-state index in [0.29, 0.717) is 27.8 Å². The number of nitrogens with one attached hydrogen (secondary N) is 1. The number of halogens is 2. The predicted molar refractivity (Wildman–Crippen MR) is 126 cm³/mol. The van der Waals surface area contributed by atoms with Crippen molar-refractivity contribution < 1.29 is 14.3 Å². The summed E-state index contributed by atoms with van der Waals surface area (Å²) in [5.74, 6) is 0.0810. The highest BCUT2D eigenvalue weighted by atomic mass is 35.5. The van der Waals surface area contributed by atoms with E-state index in [0.717, 1.165) is 5.56 Å². The maximum absolute atomic E-state index is 13.2. The number of aryl methyl sites for hydroxylation is 1. The van der Waals surface area contributed by atoms with Crippen LogP contribution in [0.5, 0.6) is 5.75 Å². The van der Waals surface area contributed by atoms with E-state index in [4.69, 9.17) is 27.9 Å². The molecule has 168 valence electrons. The summed E-state index contributed by atoms with van der Waals surface area (Å²) in [5, 5.41) is 3.92. The predicted octanol–water partition coefficient (Wildman–Crippen LogP) is 5.40. The Morgan fingerprint density at radius 1 is 1.13 bits per heavy atom. The van der Waals surface area contributed by atoms with Crippen molar-refractivity contribution in [1.29, 1.82) is 0 Å². The number of benzene rings is 2. The van der Waals surface area contributed by atoms with Gasteiger partial charge >= 0.3 is 0 Å². The van der Waals surface area contributed by atoms with Crippen LogP contribution in [-0.2, 0) is 16.1 Å². The molecule has 0 aliphatic rings. The van der Waals surface area contributed by atoms with E-state index in [9.17, 15) is 9.59 Å². The molecule has 2 amide bonds. The van der Waals surface area contributed by atoms with E-state index in [-0.39, 0.29) is 25.0 Å². The molecule has 0 bridgehead atoms. The van der Waals surface area contributed by atoms with Gasteiger partial charge in [-0.1, -0.05) is 48.3 Å². The van der Waals surface area contributed by atoms with Gasteiger partial charge in [0.25, 0.3) is 5.91 Å². The smallest absolute Gasteiger partial charge is 0.261 e. The second kappa shape index (κ2) is 10.9. The molecule has 0 aliphatic carbocycles. The molecule has 0 fully saturated rings. The number of hydrogen-bond acceptors (Lipinski definition) is 3. The van der Waals surface area contributed by atoms with Crippen LogP contribution in [0.1, 0.15) is 45.2 Å². The fourth-order valence-corrected chi connectivity index (χ4v) is 3.61. The monoisotopic (exact) mass is 464 g/mol. The highest BCUT2D eigenvalue weighted by molar-refractivity contribution is 6.35. The topological polar surface area (TPSA) is 58.6 Å². The lowest BCUT2D eigenvalue weighted by Gasteiger charge is -2.33. The lowest BCUT2D eigenvalue weighted by molar-refractivity contribution is -0.143. The van der Waals surface area contributed by atoms with Gasteiger partial charge in [0.2, 0.25) is 5.91 Å². The van der Waals surface area contributed by atoms with Gasteiger partial charge in [-0.05, 0) is 69.5 Å². The van der Waals surface area contributed by atoms with Gasteiger partial charge in [-0.25, -0.2) is 0 Å². The minimum Gasteiger partial charge on any atom is -0.484 e. The number of nitrogens with zero attached hydrogens (tertiary/aromatic N) is 1. The quantitative estimate of drug-likeness (QED) is 0.568. The Labute approximate surface area is 194 Å². The number of rotatable bonds is 8. The highest BCUT2D eigenvalue weighted by Gasteiger charge is 2.31. The minimum absolute atomic E-state index is 0.169. The summed E-state index contributed by atoms with van der Waals surface area (Å²) in [6, 6.07) is 11.9. The van der Waals surface area contributed by atoms with Crippen LogP contribution in [0.4, 0.5) is 0 Å². The van der Waals surface area contributed by atoms with Gasteiger partial charge < -0.3 is 15.0 Å². The van der Waals surface area contributed by atoms with Gasteiger partial charge in [0, 0.05) is 22.1 Å². The molecule has 0 unspecified atom stereocenters. The second-order valence-electron chi connectivity index (χ2n) is 8.53. The van der Waals surface area contributed by atoms with Crippen molar-refractivity contribution in [3.8, 4) is 5.75 Å². The standard InChI is InChI=1S/C24H30Cl2N2O3/c1-6-21(23(30)27-24(3,4)5)28(14-17-10-11-18(25)13-20(17)26)22(29)15-31-19-9-7-8-16(2)12-19/h7-13,21H,6,14-15H2,1-5H3,(H,27,30)/t21-/m0/s1. The van der Waals surface area contributed by atoms with E-state index in [1.54, 1.807) is 24.3 Å². The van der Waals surface area contributed by atoms with Crippen molar-refractivity contribution in [3.05, 3.63) is 63.6 Å². The molecule has 5 nitrogen and oxygen atoms in total. The molecule has 2 rings (SSSR count). The van der Waals surface area contributed by atoms with E-state index in [2.05, 4.69) is 5.32 Å². The number of carbonyl (C=O) groups excluding carboxylic acids is 2. The fraction of sp³-hybridized carbons (Fsp3) is 0.417. The average Bonchev–Trinajstić information content (AvgIpc) is 2.66.